The SMILES string of the molecule is CCCCCCCCC(F)Oc1ccccc1S(=O)(=O)[O-].[Na+]. The molecule has 1 unspecified atom stereocenters. The molecule has 1 atom stereocenters. The number of unbranched alkanes of at least 4 members (excludes halogenated alkanes) is 5. The third kappa shape index (κ3) is 8.48. The van der Waals surface area contributed by atoms with Crippen molar-refractivity contribution < 1.29 is 51.7 Å². The minimum atomic E-state index is -4.66. The van der Waals surface area contributed by atoms with Gasteiger partial charge in [0.25, 0.3) is 0 Å². The molecule has 0 aliphatic rings. The monoisotopic (exact) mass is 340 g/mol. The molecule has 0 bridgehead atoms. The van der Waals surface area contributed by atoms with Gasteiger partial charge in [-0.15, -0.1) is 0 Å². The van der Waals surface area contributed by atoms with Crippen molar-refractivity contribution in [1.82, 2.24) is 0 Å². The van der Waals surface area contributed by atoms with Gasteiger partial charge in [0.05, 0.1) is 4.90 Å². The molecule has 4 nitrogen and oxygen atoms in total. The zero-order valence-corrected chi connectivity index (χ0v) is 16.1. The van der Waals surface area contributed by atoms with Crippen LogP contribution in [-0.2, 0) is 10.1 Å². The fourth-order valence-electron chi connectivity index (χ4n) is 2.04. The van der Waals surface area contributed by atoms with Crippen LogP contribution in [0.3, 0.4) is 0 Å². The van der Waals surface area contributed by atoms with E-state index in [2.05, 4.69) is 6.92 Å². The summed E-state index contributed by atoms with van der Waals surface area (Å²) in [4.78, 5) is -0.518. The van der Waals surface area contributed by atoms with Crippen molar-refractivity contribution in [2.45, 2.75) is 63.1 Å². The van der Waals surface area contributed by atoms with Crippen LogP contribution in [0.4, 0.5) is 4.39 Å². The molecule has 1 aromatic carbocycles. The zero-order valence-electron chi connectivity index (χ0n) is 13.3. The number of para-hydroxylation sites is 1. The van der Waals surface area contributed by atoms with Crippen molar-refractivity contribution in [3.63, 3.8) is 0 Å². The topological polar surface area (TPSA) is 66.4 Å². The number of rotatable bonds is 10. The summed E-state index contributed by atoms with van der Waals surface area (Å²) >= 11 is 0. The first-order chi connectivity index (χ1) is 9.95. The Morgan fingerprint density at radius 1 is 1.14 bits per heavy atom. The Kier molecular flexibility index (Phi) is 11.3. The van der Waals surface area contributed by atoms with Crippen molar-refractivity contribution in [2.24, 2.45) is 0 Å². The molecule has 120 valence electrons. The molecule has 0 fully saturated rings. The fraction of sp³-hybridized carbons (Fsp3) is 0.600. The molecule has 0 radical (unpaired) electrons. The minimum Gasteiger partial charge on any atom is -0.744 e. The summed E-state index contributed by atoms with van der Waals surface area (Å²) in [6.45, 7) is 2.13. The van der Waals surface area contributed by atoms with E-state index in [4.69, 9.17) is 4.74 Å². The Hall–Kier alpha value is -0.140. The Labute approximate surface area is 154 Å². The Balaban J connectivity index is 0.00000441. The molecule has 7 heteroatoms. The number of alkyl halides is 1. The van der Waals surface area contributed by atoms with Crippen LogP contribution in [0, 0.1) is 0 Å². The van der Waals surface area contributed by atoms with Gasteiger partial charge in [-0.25, -0.2) is 12.8 Å². The zero-order chi connectivity index (χ0) is 15.7. The first kappa shape index (κ1) is 21.9. The van der Waals surface area contributed by atoms with Crippen LogP contribution < -0.4 is 34.3 Å². The van der Waals surface area contributed by atoms with Crippen LogP contribution in [0.2, 0.25) is 0 Å². The Morgan fingerprint density at radius 3 is 2.36 bits per heavy atom. The van der Waals surface area contributed by atoms with Gasteiger partial charge >= 0.3 is 29.6 Å². The van der Waals surface area contributed by atoms with E-state index in [-0.39, 0.29) is 41.7 Å². The molecule has 0 amide bonds. The van der Waals surface area contributed by atoms with Gasteiger partial charge in [0, 0.05) is 6.42 Å². The largest absolute Gasteiger partial charge is 1.00 e. The normalized spacial score (nSPS) is 12.5. The molecule has 0 aliphatic heterocycles. The van der Waals surface area contributed by atoms with E-state index in [1.54, 1.807) is 0 Å². The number of hydrogen-bond donors (Lipinski definition) is 0. The predicted molar refractivity (Wildman–Crippen MR) is 77.9 cm³/mol. The van der Waals surface area contributed by atoms with Crippen molar-refractivity contribution in [2.75, 3.05) is 0 Å². The van der Waals surface area contributed by atoms with Gasteiger partial charge < -0.3 is 9.29 Å². The van der Waals surface area contributed by atoms with Crippen LogP contribution >= 0.6 is 0 Å². The molecule has 0 saturated carbocycles. The van der Waals surface area contributed by atoms with E-state index in [1.165, 1.54) is 24.6 Å². The second-order valence-electron chi connectivity index (χ2n) is 4.99. The van der Waals surface area contributed by atoms with E-state index < -0.39 is 21.4 Å². The molecule has 1 rings (SSSR count). The van der Waals surface area contributed by atoms with Gasteiger partial charge in [-0.2, -0.15) is 0 Å². The second kappa shape index (κ2) is 11.4. The second-order valence-corrected chi connectivity index (χ2v) is 6.33. The molecule has 22 heavy (non-hydrogen) atoms. The summed E-state index contributed by atoms with van der Waals surface area (Å²) in [6, 6.07) is 5.31. The maximum atomic E-state index is 13.7. The van der Waals surface area contributed by atoms with Gasteiger partial charge in [0.1, 0.15) is 15.9 Å². The van der Waals surface area contributed by atoms with E-state index in [1.807, 2.05) is 0 Å². The predicted octanol–water partition coefficient (Wildman–Crippen LogP) is 1.02. The first-order valence-corrected chi connectivity index (χ1v) is 8.71. The number of hydrogen-bond acceptors (Lipinski definition) is 4. The molecular formula is C15H22FNaO4S. The number of benzene rings is 1. The summed E-state index contributed by atoms with van der Waals surface area (Å²) in [5.74, 6) is -0.217. The molecular weight excluding hydrogens is 318 g/mol. The van der Waals surface area contributed by atoms with E-state index in [0.29, 0.717) is 6.42 Å². The van der Waals surface area contributed by atoms with Gasteiger partial charge in [-0.3, -0.25) is 0 Å². The maximum Gasteiger partial charge on any atom is 1.00 e. The molecule has 0 spiro atoms. The molecule has 0 heterocycles. The third-order valence-corrected chi connectivity index (χ3v) is 4.03. The first-order valence-electron chi connectivity index (χ1n) is 7.30. The molecule has 0 aliphatic carbocycles. The van der Waals surface area contributed by atoms with Crippen LogP contribution in [0.1, 0.15) is 51.9 Å². The summed E-state index contributed by atoms with van der Waals surface area (Å²) in [7, 11) is -4.66. The van der Waals surface area contributed by atoms with Crippen LogP contribution in [0.25, 0.3) is 0 Å². The summed E-state index contributed by atoms with van der Waals surface area (Å²) in [5, 5.41) is 0. The summed E-state index contributed by atoms with van der Waals surface area (Å²) in [6.07, 6.45) is 4.75. The molecule has 0 N–H and O–H groups in total. The Morgan fingerprint density at radius 2 is 1.73 bits per heavy atom. The van der Waals surface area contributed by atoms with Crippen LogP contribution in [0.5, 0.6) is 5.75 Å². The summed E-state index contributed by atoms with van der Waals surface area (Å²) < 4.78 is 51.8. The third-order valence-electron chi connectivity index (χ3n) is 3.16. The summed E-state index contributed by atoms with van der Waals surface area (Å²) in [5.41, 5.74) is 0. The smallest absolute Gasteiger partial charge is 0.744 e. The van der Waals surface area contributed by atoms with Gasteiger partial charge in [0.2, 0.25) is 6.36 Å². The molecule has 0 saturated heterocycles. The minimum absolute atomic E-state index is 0. The van der Waals surface area contributed by atoms with E-state index in [9.17, 15) is 17.4 Å². The quantitative estimate of drug-likeness (QED) is 0.362. The average Bonchev–Trinajstić information content (AvgIpc) is 2.42. The van der Waals surface area contributed by atoms with Gasteiger partial charge in [-0.1, -0.05) is 51.2 Å². The van der Waals surface area contributed by atoms with Crippen molar-refractivity contribution in [3.8, 4) is 5.75 Å². The standard InChI is InChI=1S/C15H23FO4S.Na/c1-2-3-4-5-6-7-12-15(16)20-13-10-8-9-11-14(13)21(17,18)19;/h8-11,15H,2-7,12H2,1H3,(H,17,18,19);/q;+1/p-1. The fourth-order valence-corrected chi connectivity index (χ4v) is 2.64. The van der Waals surface area contributed by atoms with Crippen LogP contribution in [-0.4, -0.2) is 19.3 Å². The van der Waals surface area contributed by atoms with Crippen LogP contribution in [0.15, 0.2) is 29.2 Å². The van der Waals surface area contributed by atoms with E-state index in [0.717, 1.165) is 31.7 Å². The van der Waals surface area contributed by atoms with E-state index >= 15 is 0 Å². The maximum absolute atomic E-state index is 13.7. The van der Waals surface area contributed by atoms with Gasteiger partial charge in [0.15, 0.2) is 0 Å². The Bertz CT molecular complexity index is 522. The van der Waals surface area contributed by atoms with Crippen molar-refractivity contribution in [3.05, 3.63) is 24.3 Å². The molecule has 0 aromatic heterocycles. The number of ether oxygens (including phenoxy) is 1. The van der Waals surface area contributed by atoms with Gasteiger partial charge in [-0.05, 0) is 18.6 Å². The number of halogens is 1. The average molecular weight is 340 g/mol. The van der Waals surface area contributed by atoms with Crippen molar-refractivity contribution in [1.29, 1.82) is 0 Å². The van der Waals surface area contributed by atoms with Crippen molar-refractivity contribution >= 4 is 10.1 Å². The molecule has 1 aromatic rings.